The number of hydrogen-bond acceptors (Lipinski definition) is 5. The number of ether oxygens (including phenoxy) is 1. The van der Waals surface area contributed by atoms with Crippen LogP contribution in [0.15, 0.2) is 46.1 Å². The highest BCUT2D eigenvalue weighted by molar-refractivity contribution is 7.99. The van der Waals surface area contributed by atoms with E-state index in [0.29, 0.717) is 17.6 Å². The van der Waals surface area contributed by atoms with Gasteiger partial charge in [-0.1, -0.05) is 30.0 Å². The molecular weight excluding hydrogens is 250 g/mol. The molecule has 0 fully saturated rings. The van der Waals surface area contributed by atoms with E-state index in [1.807, 2.05) is 24.3 Å². The molecule has 0 radical (unpaired) electrons. The topological polar surface area (TPSA) is 52.3 Å². The van der Waals surface area contributed by atoms with E-state index in [0.717, 1.165) is 11.1 Å². The normalized spacial score (nSPS) is 11.2. The van der Waals surface area contributed by atoms with E-state index >= 15 is 0 Å². The Bertz CT molecular complexity index is 529. The number of carbonyl (C=O) groups is 1. The number of benzene rings is 1. The van der Waals surface area contributed by atoms with E-state index in [9.17, 15) is 4.79 Å². The van der Waals surface area contributed by atoms with Gasteiger partial charge in [-0.3, -0.25) is 0 Å². The molecule has 4 nitrogen and oxygen atoms in total. The number of rotatable bonds is 5. The third-order valence-corrected chi connectivity index (χ3v) is 2.90. The molecule has 0 aliphatic heterocycles. The molecule has 0 unspecified atom stereocenters. The molecule has 0 aliphatic rings. The molecule has 0 saturated carbocycles. The third-order valence-electron chi connectivity index (χ3n) is 2.12. The van der Waals surface area contributed by atoms with Crippen molar-refractivity contribution in [1.29, 1.82) is 0 Å². The van der Waals surface area contributed by atoms with Crippen molar-refractivity contribution in [1.82, 2.24) is 4.98 Å². The van der Waals surface area contributed by atoms with E-state index in [-0.39, 0.29) is 5.97 Å². The predicted molar refractivity (Wildman–Crippen MR) is 70.5 cm³/mol. The van der Waals surface area contributed by atoms with Gasteiger partial charge in [0.05, 0.1) is 6.61 Å². The fourth-order valence-electron chi connectivity index (χ4n) is 1.37. The Morgan fingerprint density at radius 2 is 2.33 bits per heavy atom. The summed E-state index contributed by atoms with van der Waals surface area (Å²) in [6.07, 6.45) is 3.15. The molecule has 5 heteroatoms. The maximum Gasteiger partial charge on any atom is 0.330 e. The average molecular weight is 263 g/mol. The first-order valence-electron chi connectivity index (χ1n) is 5.61. The summed E-state index contributed by atoms with van der Waals surface area (Å²) in [5, 5.41) is 0.602. The Morgan fingerprint density at radius 1 is 1.50 bits per heavy atom. The SMILES string of the molecule is CCOC(=O)/C=C/CSc1nc2ccccc2o1. The van der Waals surface area contributed by atoms with Gasteiger partial charge in [0.15, 0.2) is 5.58 Å². The van der Waals surface area contributed by atoms with E-state index in [2.05, 4.69) is 4.98 Å². The Hall–Kier alpha value is -1.75. The van der Waals surface area contributed by atoms with Crippen molar-refractivity contribution in [3.8, 4) is 0 Å². The number of hydrogen-bond donors (Lipinski definition) is 0. The van der Waals surface area contributed by atoms with Crippen LogP contribution in [0.1, 0.15) is 6.92 Å². The molecule has 2 rings (SSSR count). The molecule has 2 aromatic rings. The van der Waals surface area contributed by atoms with Crippen LogP contribution >= 0.6 is 11.8 Å². The fraction of sp³-hybridized carbons (Fsp3) is 0.231. The second-order valence-corrected chi connectivity index (χ2v) is 4.38. The highest BCUT2D eigenvalue weighted by Gasteiger charge is 2.04. The minimum Gasteiger partial charge on any atom is -0.463 e. The van der Waals surface area contributed by atoms with Gasteiger partial charge in [-0.2, -0.15) is 0 Å². The molecule has 1 heterocycles. The van der Waals surface area contributed by atoms with Gasteiger partial charge in [0.1, 0.15) is 5.52 Å². The smallest absolute Gasteiger partial charge is 0.330 e. The Balaban J connectivity index is 1.88. The van der Waals surface area contributed by atoms with Gasteiger partial charge in [0, 0.05) is 11.8 Å². The summed E-state index contributed by atoms with van der Waals surface area (Å²) in [5.41, 5.74) is 1.61. The molecule has 0 N–H and O–H groups in total. The molecule has 0 amide bonds. The summed E-state index contributed by atoms with van der Waals surface area (Å²) < 4.78 is 10.3. The molecule has 18 heavy (non-hydrogen) atoms. The van der Waals surface area contributed by atoms with Gasteiger partial charge in [-0.25, -0.2) is 9.78 Å². The van der Waals surface area contributed by atoms with Crippen LogP contribution in [0.2, 0.25) is 0 Å². The summed E-state index contributed by atoms with van der Waals surface area (Å²) in [7, 11) is 0. The summed E-state index contributed by atoms with van der Waals surface area (Å²) in [4.78, 5) is 15.3. The monoisotopic (exact) mass is 263 g/mol. The van der Waals surface area contributed by atoms with Crippen molar-refractivity contribution in [3.63, 3.8) is 0 Å². The van der Waals surface area contributed by atoms with Crippen LogP contribution < -0.4 is 0 Å². The minimum atomic E-state index is -0.323. The lowest BCUT2D eigenvalue weighted by Crippen LogP contribution is -1.98. The number of oxazole rings is 1. The Morgan fingerprint density at radius 3 is 3.11 bits per heavy atom. The summed E-state index contributed by atoms with van der Waals surface area (Å²) in [5.74, 6) is 0.293. The van der Waals surface area contributed by atoms with Crippen LogP contribution in [-0.2, 0) is 9.53 Å². The first-order valence-corrected chi connectivity index (χ1v) is 6.60. The maximum atomic E-state index is 11.0. The Labute approximate surface area is 109 Å². The van der Waals surface area contributed by atoms with Gasteiger partial charge in [-0.05, 0) is 19.1 Å². The minimum absolute atomic E-state index is 0.323. The highest BCUT2D eigenvalue weighted by atomic mass is 32.2. The van der Waals surface area contributed by atoms with Gasteiger partial charge < -0.3 is 9.15 Å². The number of fused-ring (bicyclic) bond motifs is 1. The van der Waals surface area contributed by atoms with Crippen LogP contribution in [0, 0.1) is 0 Å². The standard InChI is InChI=1S/C13H13NO3S/c1-2-16-12(15)8-5-9-18-13-14-10-6-3-4-7-11(10)17-13/h3-8H,2,9H2,1H3/b8-5+. The quantitative estimate of drug-likeness (QED) is 0.471. The zero-order valence-corrected chi connectivity index (χ0v) is 10.8. The van der Waals surface area contributed by atoms with Gasteiger partial charge in [-0.15, -0.1) is 0 Å². The van der Waals surface area contributed by atoms with Crippen LogP contribution in [0.25, 0.3) is 11.1 Å². The highest BCUT2D eigenvalue weighted by Crippen LogP contribution is 2.22. The molecule has 1 aromatic carbocycles. The van der Waals surface area contributed by atoms with Crippen molar-refractivity contribution in [2.24, 2.45) is 0 Å². The first kappa shape index (κ1) is 12.7. The molecule has 0 atom stereocenters. The van der Waals surface area contributed by atoms with Crippen LogP contribution in [0.3, 0.4) is 0 Å². The maximum absolute atomic E-state index is 11.0. The number of carbonyl (C=O) groups excluding carboxylic acids is 1. The molecule has 1 aromatic heterocycles. The summed E-state index contributed by atoms with van der Waals surface area (Å²) >= 11 is 1.43. The second-order valence-electron chi connectivity index (χ2n) is 3.41. The summed E-state index contributed by atoms with van der Waals surface area (Å²) in [6.45, 7) is 2.17. The average Bonchev–Trinajstić information content (AvgIpc) is 2.77. The van der Waals surface area contributed by atoms with Crippen molar-refractivity contribution < 1.29 is 13.9 Å². The van der Waals surface area contributed by atoms with Crippen molar-refractivity contribution >= 4 is 28.8 Å². The zero-order chi connectivity index (χ0) is 12.8. The zero-order valence-electron chi connectivity index (χ0n) is 9.96. The van der Waals surface area contributed by atoms with E-state index in [4.69, 9.17) is 9.15 Å². The number of esters is 1. The van der Waals surface area contributed by atoms with Gasteiger partial charge in [0.25, 0.3) is 5.22 Å². The van der Waals surface area contributed by atoms with E-state index in [1.165, 1.54) is 17.8 Å². The number of para-hydroxylation sites is 2. The third kappa shape index (κ3) is 3.37. The predicted octanol–water partition coefficient (Wildman–Crippen LogP) is 3.04. The van der Waals surface area contributed by atoms with E-state index in [1.54, 1.807) is 13.0 Å². The van der Waals surface area contributed by atoms with Gasteiger partial charge in [0.2, 0.25) is 0 Å². The molecule has 0 saturated heterocycles. The van der Waals surface area contributed by atoms with Gasteiger partial charge >= 0.3 is 5.97 Å². The molecular formula is C13H13NO3S. The molecule has 0 bridgehead atoms. The lowest BCUT2D eigenvalue weighted by atomic mass is 10.3. The van der Waals surface area contributed by atoms with Crippen LogP contribution in [0.4, 0.5) is 0 Å². The van der Waals surface area contributed by atoms with Crippen molar-refractivity contribution in [3.05, 3.63) is 36.4 Å². The molecule has 0 spiro atoms. The Kier molecular flexibility index (Phi) is 4.41. The van der Waals surface area contributed by atoms with Crippen LogP contribution in [-0.4, -0.2) is 23.3 Å². The number of nitrogens with zero attached hydrogens (tertiary/aromatic N) is 1. The largest absolute Gasteiger partial charge is 0.463 e. The number of thioether (sulfide) groups is 1. The molecule has 0 aliphatic carbocycles. The number of aromatic nitrogens is 1. The van der Waals surface area contributed by atoms with Crippen molar-refractivity contribution in [2.75, 3.05) is 12.4 Å². The lowest BCUT2D eigenvalue weighted by Gasteiger charge is -1.93. The summed E-state index contributed by atoms with van der Waals surface area (Å²) in [6, 6.07) is 7.60. The van der Waals surface area contributed by atoms with E-state index < -0.39 is 0 Å². The second kappa shape index (κ2) is 6.26. The fourth-order valence-corrected chi connectivity index (χ4v) is 2.01. The van der Waals surface area contributed by atoms with Crippen molar-refractivity contribution in [2.45, 2.75) is 12.1 Å². The lowest BCUT2D eigenvalue weighted by molar-refractivity contribution is -0.137. The molecule has 94 valence electrons. The van der Waals surface area contributed by atoms with Crippen LogP contribution in [0.5, 0.6) is 0 Å². The first-order chi connectivity index (χ1) is 8.79.